The van der Waals surface area contributed by atoms with E-state index in [0.717, 1.165) is 18.1 Å². The van der Waals surface area contributed by atoms with E-state index in [1.165, 1.54) is 10.4 Å². The molecule has 0 fully saturated rings. The summed E-state index contributed by atoms with van der Waals surface area (Å²) in [6, 6.07) is 4.08. The lowest BCUT2D eigenvalue weighted by Gasteiger charge is -2.07. The number of aryl methyl sites for hydroxylation is 2. The Morgan fingerprint density at radius 1 is 1.29 bits per heavy atom. The van der Waals surface area contributed by atoms with Crippen molar-refractivity contribution in [2.45, 2.75) is 20.4 Å². The molecule has 0 bridgehead atoms. The average molecular weight is 248 g/mol. The van der Waals surface area contributed by atoms with Crippen LogP contribution in [0.5, 0.6) is 0 Å². The van der Waals surface area contributed by atoms with Crippen LogP contribution >= 0.6 is 11.3 Å². The van der Waals surface area contributed by atoms with E-state index in [1.807, 2.05) is 20.0 Å². The van der Waals surface area contributed by atoms with Crippen LogP contribution in [0.25, 0.3) is 0 Å². The molecule has 2 rings (SSSR count). The summed E-state index contributed by atoms with van der Waals surface area (Å²) in [6.45, 7) is 4.89. The molecule has 0 saturated carbocycles. The molecule has 0 spiro atoms. The van der Waals surface area contributed by atoms with Crippen molar-refractivity contribution in [2.24, 2.45) is 0 Å². The van der Waals surface area contributed by atoms with Gasteiger partial charge in [0.15, 0.2) is 0 Å². The van der Waals surface area contributed by atoms with Crippen molar-refractivity contribution in [3.8, 4) is 0 Å². The lowest BCUT2D eigenvalue weighted by molar-refractivity contribution is 1.06. The lowest BCUT2D eigenvalue weighted by atomic mass is 10.3. The minimum absolute atomic E-state index is 0.649. The van der Waals surface area contributed by atoms with Crippen molar-refractivity contribution < 1.29 is 0 Å². The zero-order chi connectivity index (χ0) is 12.3. The van der Waals surface area contributed by atoms with Gasteiger partial charge in [0.1, 0.15) is 5.82 Å². The molecule has 0 aliphatic heterocycles. The zero-order valence-electron chi connectivity index (χ0n) is 10.2. The van der Waals surface area contributed by atoms with E-state index in [2.05, 4.69) is 39.0 Å². The minimum Gasteiger partial charge on any atom is -0.365 e. The van der Waals surface area contributed by atoms with Gasteiger partial charge in [-0.2, -0.15) is 4.98 Å². The Morgan fingerprint density at radius 3 is 2.76 bits per heavy atom. The Kier molecular flexibility index (Phi) is 3.58. The molecule has 17 heavy (non-hydrogen) atoms. The van der Waals surface area contributed by atoms with E-state index in [1.54, 1.807) is 11.3 Å². The first-order valence-corrected chi connectivity index (χ1v) is 6.37. The van der Waals surface area contributed by atoms with Crippen molar-refractivity contribution in [1.82, 2.24) is 9.97 Å². The molecule has 0 radical (unpaired) electrons. The minimum atomic E-state index is 0.649. The maximum absolute atomic E-state index is 4.35. The van der Waals surface area contributed by atoms with Gasteiger partial charge < -0.3 is 10.6 Å². The summed E-state index contributed by atoms with van der Waals surface area (Å²) in [7, 11) is 1.82. The molecule has 0 aliphatic carbocycles. The van der Waals surface area contributed by atoms with Gasteiger partial charge in [0.2, 0.25) is 5.95 Å². The molecule has 0 atom stereocenters. The highest BCUT2D eigenvalue weighted by Crippen LogP contribution is 2.17. The summed E-state index contributed by atoms with van der Waals surface area (Å²) >= 11 is 1.76. The fourth-order valence-electron chi connectivity index (χ4n) is 1.53. The highest BCUT2D eigenvalue weighted by molar-refractivity contribution is 7.10. The van der Waals surface area contributed by atoms with Crippen molar-refractivity contribution in [2.75, 3.05) is 17.7 Å². The van der Waals surface area contributed by atoms with Crippen molar-refractivity contribution in [3.05, 3.63) is 33.6 Å². The molecule has 0 aromatic carbocycles. The lowest BCUT2D eigenvalue weighted by Crippen LogP contribution is -2.05. The highest BCUT2D eigenvalue weighted by atomic mass is 32.1. The number of rotatable bonds is 4. The monoisotopic (exact) mass is 248 g/mol. The Morgan fingerprint density at radius 2 is 2.12 bits per heavy atom. The maximum Gasteiger partial charge on any atom is 0.224 e. The molecule has 0 unspecified atom stereocenters. The van der Waals surface area contributed by atoms with Crippen LogP contribution in [0.4, 0.5) is 11.8 Å². The van der Waals surface area contributed by atoms with Crippen LogP contribution in [0.15, 0.2) is 17.5 Å². The zero-order valence-corrected chi connectivity index (χ0v) is 11.1. The molecule has 0 amide bonds. The molecular weight excluding hydrogens is 232 g/mol. The van der Waals surface area contributed by atoms with E-state index in [-0.39, 0.29) is 0 Å². The first-order chi connectivity index (χ1) is 8.19. The van der Waals surface area contributed by atoms with E-state index in [4.69, 9.17) is 0 Å². The Balaban J connectivity index is 2.09. The predicted molar refractivity (Wildman–Crippen MR) is 72.7 cm³/mol. The molecule has 2 N–H and O–H groups in total. The number of thiophene rings is 1. The van der Waals surface area contributed by atoms with Crippen molar-refractivity contribution in [1.29, 1.82) is 0 Å². The first kappa shape index (κ1) is 11.9. The summed E-state index contributed by atoms with van der Waals surface area (Å²) < 4.78 is 0. The number of hydrogen-bond acceptors (Lipinski definition) is 5. The van der Waals surface area contributed by atoms with Crippen molar-refractivity contribution in [3.63, 3.8) is 0 Å². The van der Waals surface area contributed by atoms with Crippen LogP contribution in [-0.4, -0.2) is 17.0 Å². The third-order valence-electron chi connectivity index (χ3n) is 2.48. The third kappa shape index (κ3) is 2.94. The summed E-state index contributed by atoms with van der Waals surface area (Å²) in [4.78, 5) is 9.95. The van der Waals surface area contributed by atoms with Gasteiger partial charge in [-0.25, -0.2) is 4.98 Å². The van der Waals surface area contributed by atoms with Crippen LogP contribution in [0.3, 0.4) is 0 Å². The van der Waals surface area contributed by atoms with Crippen LogP contribution in [-0.2, 0) is 6.54 Å². The number of anilines is 2. The Hall–Kier alpha value is -1.62. The Bertz CT molecular complexity index is 507. The maximum atomic E-state index is 4.35. The second-order valence-corrected chi connectivity index (χ2v) is 4.85. The molecular formula is C12H16N4S. The van der Waals surface area contributed by atoms with Crippen LogP contribution < -0.4 is 10.6 Å². The molecule has 0 saturated heterocycles. The van der Waals surface area contributed by atoms with Gasteiger partial charge in [-0.15, -0.1) is 11.3 Å². The van der Waals surface area contributed by atoms with Crippen molar-refractivity contribution >= 4 is 23.1 Å². The smallest absolute Gasteiger partial charge is 0.224 e. The van der Waals surface area contributed by atoms with Crippen LogP contribution in [0.2, 0.25) is 0 Å². The molecule has 0 aliphatic rings. The van der Waals surface area contributed by atoms with Gasteiger partial charge in [0.05, 0.1) is 6.54 Å². The number of nitrogens with zero attached hydrogens (tertiary/aromatic N) is 2. The van der Waals surface area contributed by atoms with Crippen LogP contribution in [0, 0.1) is 13.8 Å². The van der Waals surface area contributed by atoms with Gasteiger partial charge >= 0.3 is 0 Å². The molecule has 2 heterocycles. The number of nitrogens with one attached hydrogen (secondary N) is 2. The van der Waals surface area contributed by atoms with Gasteiger partial charge in [-0.3, -0.25) is 0 Å². The van der Waals surface area contributed by atoms with E-state index in [9.17, 15) is 0 Å². The SMILES string of the molecule is CNc1nc(C)cc(NCc2sccc2C)n1. The number of aromatic nitrogens is 2. The molecule has 5 heteroatoms. The fraction of sp³-hybridized carbons (Fsp3) is 0.333. The van der Waals surface area contributed by atoms with Gasteiger partial charge in [0, 0.05) is 23.7 Å². The standard InChI is InChI=1S/C12H16N4S/c1-8-4-5-17-10(8)7-14-11-6-9(2)15-12(13-3)16-11/h4-6H,7H2,1-3H3,(H2,13,14,15,16). The van der Waals surface area contributed by atoms with Gasteiger partial charge in [-0.1, -0.05) is 0 Å². The predicted octanol–water partition coefficient (Wildman–Crippen LogP) is 2.81. The second-order valence-electron chi connectivity index (χ2n) is 3.85. The first-order valence-electron chi connectivity index (χ1n) is 5.49. The molecule has 2 aromatic rings. The van der Waals surface area contributed by atoms with Gasteiger partial charge in [-0.05, 0) is 30.9 Å². The Labute approximate surface area is 105 Å². The van der Waals surface area contributed by atoms with Crippen LogP contribution in [0.1, 0.15) is 16.1 Å². The van der Waals surface area contributed by atoms with E-state index >= 15 is 0 Å². The average Bonchev–Trinajstić information content (AvgIpc) is 2.71. The largest absolute Gasteiger partial charge is 0.365 e. The third-order valence-corrected chi connectivity index (χ3v) is 3.50. The molecule has 4 nitrogen and oxygen atoms in total. The summed E-state index contributed by atoms with van der Waals surface area (Å²) in [5, 5.41) is 8.38. The van der Waals surface area contributed by atoms with E-state index < -0.39 is 0 Å². The number of hydrogen-bond donors (Lipinski definition) is 2. The second kappa shape index (κ2) is 5.14. The molecule has 2 aromatic heterocycles. The fourth-order valence-corrected chi connectivity index (χ4v) is 2.37. The summed E-state index contributed by atoms with van der Waals surface area (Å²) in [6.07, 6.45) is 0. The summed E-state index contributed by atoms with van der Waals surface area (Å²) in [5.41, 5.74) is 2.27. The quantitative estimate of drug-likeness (QED) is 0.873. The van der Waals surface area contributed by atoms with Gasteiger partial charge in [0.25, 0.3) is 0 Å². The highest BCUT2D eigenvalue weighted by Gasteiger charge is 2.02. The normalized spacial score (nSPS) is 10.3. The molecule has 90 valence electrons. The summed E-state index contributed by atoms with van der Waals surface area (Å²) in [5.74, 6) is 1.50. The van der Waals surface area contributed by atoms with E-state index in [0.29, 0.717) is 5.95 Å². The topological polar surface area (TPSA) is 49.8 Å².